The van der Waals surface area contributed by atoms with Crippen LogP contribution >= 0.6 is 0 Å². The zero-order chi connectivity index (χ0) is 23.3. The molecule has 0 fully saturated rings. The van der Waals surface area contributed by atoms with Gasteiger partial charge in [-0.15, -0.1) is 0 Å². The average Bonchev–Trinajstić information content (AvgIpc) is 2.70. The minimum atomic E-state index is -1.63. The number of unbranched alkanes of at least 4 members (excludes halogenated alkanes) is 2. The van der Waals surface area contributed by atoms with Crippen molar-refractivity contribution in [3.63, 3.8) is 0 Å². The largest absolute Gasteiger partial charge is 0.502 e. The van der Waals surface area contributed by atoms with Gasteiger partial charge >= 0.3 is 0 Å². The van der Waals surface area contributed by atoms with E-state index >= 15 is 0 Å². The molecule has 31 heavy (non-hydrogen) atoms. The number of hydrogen-bond donors (Lipinski definition) is 0. The molecule has 7 heteroatoms. The molecule has 0 aromatic rings. The number of allylic oxidation sites excluding steroid dienone is 2. The first kappa shape index (κ1) is 30.4. The lowest BCUT2D eigenvalue weighted by Crippen LogP contribution is -2.44. The Balaban J connectivity index is 3.69. The molecule has 0 aromatic heterocycles. The fourth-order valence-electron chi connectivity index (χ4n) is 3.36. The Kier molecular flexibility index (Phi) is 19.6. The highest BCUT2D eigenvalue weighted by atomic mass is 28.4. The van der Waals surface area contributed by atoms with Crippen molar-refractivity contribution < 1.29 is 23.1 Å². The first-order valence-corrected chi connectivity index (χ1v) is 18.4. The van der Waals surface area contributed by atoms with E-state index < -0.39 is 16.6 Å². The van der Waals surface area contributed by atoms with Gasteiger partial charge in [0.25, 0.3) is 0 Å². The zero-order valence-corrected chi connectivity index (χ0v) is 23.3. The van der Waals surface area contributed by atoms with E-state index in [0.29, 0.717) is 0 Å². The van der Waals surface area contributed by atoms with Crippen molar-refractivity contribution >= 4 is 16.6 Å². The molecule has 0 aliphatic rings. The second-order valence-corrected chi connectivity index (χ2v) is 18.0. The van der Waals surface area contributed by atoms with E-state index in [2.05, 4.69) is 26.2 Å². The van der Waals surface area contributed by atoms with Gasteiger partial charge in [0.15, 0.2) is 16.6 Å². The molecule has 0 aliphatic carbocycles. The summed E-state index contributed by atoms with van der Waals surface area (Å²) < 4.78 is 28.9. The topological polar surface area (TPSA) is 46.2 Å². The molecular formula is C24H50O5Si2. The predicted molar refractivity (Wildman–Crippen MR) is 137 cm³/mol. The highest BCUT2D eigenvalue weighted by molar-refractivity contribution is 6.84. The van der Waals surface area contributed by atoms with Gasteiger partial charge < -0.3 is 23.1 Å². The van der Waals surface area contributed by atoms with Crippen LogP contribution in [0.15, 0.2) is 24.7 Å². The molecule has 0 aliphatic heterocycles. The van der Waals surface area contributed by atoms with Gasteiger partial charge in [0.05, 0.1) is 25.7 Å². The summed E-state index contributed by atoms with van der Waals surface area (Å²) in [5.74, 6) is 0. The van der Waals surface area contributed by atoms with Gasteiger partial charge in [-0.1, -0.05) is 12.2 Å². The predicted octanol–water partition coefficient (Wildman–Crippen LogP) is 6.89. The standard InChI is InChI=1S/C24H50O5Si2/c1-7-15-25-17-9-11-19-27-21-13-23-30(3,4)29-31(5,6)24-14-22-28-20-12-10-18-26-16-8-2/h7-8,15-16H,9-14,17-24H2,1-6H3/b15-7+,16-8+. The van der Waals surface area contributed by atoms with Crippen molar-refractivity contribution in [2.24, 2.45) is 0 Å². The van der Waals surface area contributed by atoms with E-state index in [1.807, 2.05) is 26.0 Å². The van der Waals surface area contributed by atoms with E-state index in [1.54, 1.807) is 12.5 Å². The Hall–Kier alpha value is -0.606. The van der Waals surface area contributed by atoms with Crippen molar-refractivity contribution in [2.75, 3.05) is 39.6 Å². The van der Waals surface area contributed by atoms with Gasteiger partial charge in [-0.05, 0) is 90.6 Å². The highest BCUT2D eigenvalue weighted by Gasteiger charge is 2.32. The smallest absolute Gasteiger partial charge is 0.173 e. The minimum absolute atomic E-state index is 0.776. The Morgan fingerprint density at radius 3 is 1.26 bits per heavy atom. The summed E-state index contributed by atoms with van der Waals surface area (Å²) in [7, 11) is -3.26. The Labute approximate surface area is 194 Å². The monoisotopic (exact) mass is 474 g/mol. The van der Waals surface area contributed by atoms with Gasteiger partial charge in [-0.25, -0.2) is 0 Å². The first-order valence-electron chi connectivity index (χ1n) is 12.1. The van der Waals surface area contributed by atoms with Crippen LogP contribution in [0.2, 0.25) is 38.3 Å². The van der Waals surface area contributed by atoms with Crippen LogP contribution in [0.3, 0.4) is 0 Å². The molecule has 0 amide bonds. The van der Waals surface area contributed by atoms with Crippen molar-refractivity contribution in [3.05, 3.63) is 24.7 Å². The van der Waals surface area contributed by atoms with Crippen LogP contribution in [0.25, 0.3) is 0 Å². The van der Waals surface area contributed by atoms with E-state index in [4.69, 9.17) is 23.1 Å². The summed E-state index contributed by atoms with van der Waals surface area (Å²) in [4.78, 5) is 0. The van der Waals surface area contributed by atoms with Crippen molar-refractivity contribution in [3.8, 4) is 0 Å². The lowest BCUT2D eigenvalue weighted by Gasteiger charge is -2.34. The number of rotatable bonds is 22. The second kappa shape index (κ2) is 20.0. The van der Waals surface area contributed by atoms with E-state index in [9.17, 15) is 0 Å². The highest BCUT2D eigenvalue weighted by Crippen LogP contribution is 2.23. The van der Waals surface area contributed by atoms with E-state index in [0.717, 1.165) is 78.2 Å². The lowest BCUT2D eigenvalue weighted by atomic mass is 10.3. The molecule has 0 aromatic carbocycles. The van der Waals surface area contributed by atoms with Crippen molar-refractivity contribution in [2.45, 2.75) is 90.6 Å². The van der Waals surface area contributed by atoms with Crippen LogP contribution in [0.4, 0.5) is 0 Å². The van der Waals surface area contributed by atoms with E-state index in [1.165, 1.54) is 12.1 Å². The van der Waals surface area contributed by atoms with Crippen molar-refractivity contribution in [1.82, 2.24) is 0 Å². The maximum Gasteiger partial charge on any atom is 0.173 e. The first-order chi connectivity index (χ1) is 14.8. The SMILES string of the molecule is C/C=C/OCCCCOCCC[Si](C)(C)O[Si](C)(C)CCCOCCCCO/C=C/C. The maximum absolute atomic E-state index is 6.71. The summed E-state index contributed by atoms with van der Waals surface area (Å²) in [6, 6.07) is 2.33. The zero-order valence-electron chi connectivity index (χ0n) is 21.3. The van der Waals surface area contributed by atoms with Gasteiger partial charge in [0.1, 0.15) is 0 Å². The molecule has 0 unspecified atom stereocenters. The molecule has 0 bridgehead atoms. The van der Waals surface area contributed by atoms with Gasteiger partial charge in [0.2, 0.25) is 0 Å². The third kappa shape index (κ3) is 22.4. The molecule has 0 atom stereocenters. The molecule has 0 saturated carbocycles. The van der Waals surface area contributed by atoms with Gasteiger partial charge in [-0.2, -0.15) is 0 Å². The summed E-state index contributed by atoms with van der Waals surface area (Å²) in [6.07, 6.45) is 13.7. The third-order valence-electron chi connectivity index (χ3n) is 4.75. The van der Waals surface area contributed by atoms with Crippen LogP contribution in [-0.4, -0.2) is 56.3 Å². The van der Waals surface area contributed by atoms with E-state index in [-0.39, 0.29) is 0 Å². The van der Waals surface area contributed by atoms with Crippen LogP contribution in [0.5, 0.6) is 0 Å². The van der Waals surface area contributed by atoms with Crippen LogP contribution in [-0.2, 0) is 23.1 Å². The fraction of sp³-hybridized carbons (Fsp3) is 0.833. The summed E-state index contributed by atoms with van der Waals surface area (Å²) in [5, 5.41) is 0. The van der Waals surface area contributed by atoms with Crippen LogP contribution < -0.4 is 0 Å². The summed E-state index contributed by atoms with van der Waals surface area (Å²) in [5.41, 5.74) is 0. The molecule has 5 nitrogen and oxygen atoms in total. The number of ether oxygens (including phenoxy) is 4. The molecule has 0 radical (unpaired) electrons. The van der Waals surface area contributed by atoms with Crippen LogP contribution in [0, 0.1) is 0 Å². The Morgan fingerprint density at radius 1 is 0.516 bits per heavy atom. The molecular weight excluding hydrogens is 424 g/mol. The third-order valence-corrected chi connectivity index (χ3v) is 12.3. The van der Waals surface area contributed by atoms with Crippen molar-refractivity contribution in [1.29, 1.82) is 0 Å². The minimum Gasteiger partial charge on any atom is -0.502 e. The molecule has 0 heterocycles. The number of hydrogen-bond acceptors (Lipinski definition) is 5. The van der Waals surface area contributed by atoms with Crippen LogP contribution in [0.1, 0.15) is 52.4 Å². The molecule has 0 saturated heterocycles. The Bertz CT molecular complexity index is 413. The summed E-state index contributed by atoms with van der Waals surface area (Å²) in [6.45, 7) is 18.2. The lowest BCUT2D eigenvalue weighted by molar-refractivity contribution is 0.123. The molecule has 0 N–H and O–H groups in total. The normalized spacial score (nSPS) is 12.8. The van der Waals surface area contributed by atoms with Gasteiger partial charge in [-0.3, -0.25) is 0 Å². The fourth-order valence-corrected chi connectivity index (χ4v) is 12.2. The quantitative estimate of drug-likeness (QED) is 0.0971. The molecule has 0 spiro atoms. The second-order valence-electron chi connectivity index (χ2n) is 9.15. The maximum atomic E-state index is 6.71. The summed E-state index contributed by atoms with van der Waals surface area (Å²) >= 11 is 0. The molecule has 0 rings (SSSR count). The average molecular weight is 475 g/mol. The molecule has 184 valence electrons. The van der Waals surface area contributed by atoms with Gasteiger partial charge in [0, 0.05) is 26.4 Å². The Morgan fingerprint density at radius 2 is 0.871 bits per heavy atom.